The number of nitrogen functional groups attached to an aromatic ring is 1. The van der Waals surface area contributed by atoms with Gasteiger partial charge in [0.2, 0.25) is 0 Å². The Morgan fingerprint density at radius 3 is 2.41 bits per heavy atom. The Bertz CT molecular complexity index is 753. The maximum absolute atomic E-state index is 12.5. The van der Waals surface area contributed by atoms with Crippen LogP contribution in [0, 0.1) is 0 Å². The molecule has 0 bridgehead atoms. The number of nitrogens with zero attached hydrogens (tertiary/aromatic N) is 2. The number of carbonyl (C=O) groups excluding carboxylic acids is 1. The van der Waals surface area contributed by atoms with E-state index < -0.39 is 0 Å². The van der Waals surface area contributed by atoms with Gasteiger partial charge >= 0.3 is 0 Å². The molecule has 1 saturated heterocycles. The first-order valence-corrected chi connectivity index (χ1v) is 9.64. The molecule has 2 aromatic carbocycles. The van der Waals surface area contributed by atoms with E-state index in [-0.39, 0.29) is 11.9 Å². The van der Waals surface area contributed by atoms with Gasteiger partial charge in [0.15, 0.2) is 5.78 Å². The number of ether oxygens (including phenoxy) is 1. The van der Waals surface area contributed by atoms with Crippen LogP contribution in [0.1, 0.15) is 30.6 Å². The summed E-state index contributed by atoms with van der Waals surface area (Å²) in [7, 11) is 0. The molecule has 0 saturated carbocycles. The highest BCUT2D eigenvalue weighted by molar-refractivity contribution is 5.97. The molecule has 3 rings (SSSR count). The van der Waals surface area contributed by atoms with E-state index in [9.17, 15) is 4.79 Å². The van der Waals surface area contributed by atoms with Crippen molar-refractivity contribution in [2.75, 3.05) is 43.4 Å². The number of hydrogen-bond acceptors (Lipinski definition) is 5. The molecular formula is C22H29N3O2. The third kappa shape index (κ3) is 5.23. The molecule has 0 atom stereocenters. The van der Waals surface area contributed by atoms with E-state index >= 15 is 0 Å². The maximum atomic E-state index is 12.5. The van der Waals surface area contributed by atoms with E-state index in [1.54, 1.807) is 12.1 Å². The average molecular weight is 367 g/mol. The molecule has 0 aromatic heterocycles. The summed E-state index contributed by atoms with van der Waals surface area (Å²) < 4.78 is 5.63. The van der Waals surface area contributed by atoms with Gasteiger partial charge in [0.25, 0.3) is 0 Å². The van der Waals surface area contributed by atoms with Gasteiger partial charge in [-0.05, 0) is 44.2 Å². The molecule has 5 nitrogen and oxygen atoms in total. The molecule has 27 heavy (non-hydrogen) atoms. The number of piperazine rings is 1. The van der Waals surface area contributed by atoms with Crippen LogP contribution in [-0.4, -0.2) is 49.5 Å². The number of ketones is 1. The van der Waals surface area contributed by atoms with E-state index in [4.69, 9.17) is 10.5 Å². The summed E-state index contributed by atoms with van der Waals surface area (Å²) in [6, 6.07) is 15.8. The minimum atomic E-state index is 0.0587. The highest BCUT2D eigenvalue weighted by Gasteiger charge is 2.18. The highest BCUT2D eigenvalue weighted by atomic mass is 16.5. The Labute approximate surface area is 161 Å². The summed E-state index contributed by atoms with van der Waals surface area (Å²) >= 11 is 0. The first-order valence-electron chi connectivity index (χ1n) is 9.64. The molecule has 0 aliphatic carbocycles. The van der Waals surface area contributed by atoms with Crippen molar-refractivity contribution in [2.45, 2.75) is 26.4 Å². The van der Waals surface area contributed by atoms with Crippen LogP contribution in [0.4, 0.5) is 11.4 Å². The Kier molecular flexibility index (Phi) is 6.35. The third-order valence-electron chi connectivity index (χ3n) is 4.84. The summed E-state index contributed by atoms with van der Waals surface area (Å²) in [6.45, 7) is 8.63. The van der Waals surface area contributed by atoms with Crippen molar-refractivity contribution in [3.05, 3.63) is 54.1 Å². The van der Waals surface area contributed by atoms with Crippen molar-refractivity contribution in [2.24, 2.45) is 0 Å². The maximum Gasteiger partial charge on any atom is 0.164 e. The molecule has 5 heteroatoms. The lowest BCUT2D eigenvalue weighted by molar-refractivity contribution is 0.0962. The summed E-state index contributed by atoms with van der Waals surface area (Å²) in [6.07, 6.45) is 0.568. The number of benzene rings is 2. The standard InChI is InChI=1S/C22H29N3O2/c1-17(2)27-22-9-8-18(16-20(22)23)21(26)10-11-24-12-14-25(15-13-24)19-6-4-3-5-7-19/h3-9,16-17H,10-15,23H2,1-2H3. The normalized spacial score (nSPS) is 15.1. The van der Waals surface area contributed by atoms with Crippen molar-refractivity contribution >= 4 is 17.2 Å². The zero-order valence-electron chi connectivity index (χ0n) is 16.2. The van der Waals surface area contributed by atoms with E-state index in [0.717, 1.165) is 32.7 Å². The van der Waals surface area contributed by atoms with Gasteiger partial charge in [0.05, 0.1) is 11.8 Å². The second kappa shape index (κ2) is 8.91. The lowest BCUT2D eigenvalue weighted by Gasteiger charge is -2.36. The number of rotatable bonds is 7. The van der Waals surface area contributed by atoms with E-state index in [1.165, 1.54) is 5.69 Å². The summed E-state index contributed by atoms with van der Waals surface area (Å²) in [5.41, 5.74) is 8.47. The minimum Gasteiger partial charge on any atom is -0.489 e. The van der Waals surface area contributed by atoms with Crippen LogP contribution in [-0.2, 0) is 0 Å². The van der Waals surface area contributed by atoms with Crippen molar-refractivity contribution in [3.8, 4) is 5.75 Å². The number of nitrogens with two attached hydrogens (primary N) is 1. The average Bonchev–Trinajstić information content (AvgIpc) is 2.68. The Hall–Kier alpha value is -2.53. The van der Waals surface area contributed by atoms with E-state index in [2.05, 4.69) is 34.1 Å². The van der Waals surface area contributed by atoms with Gasteiger partial charge in [-0.15, -0.1) is 0 Å². The summed E-state index contributed by atoms with van der Waals surface area (Å²) in [5.74, 6) is 0.766. The predicted octanol–water partition coefficient (Wildman–Crippen LogP) is 3.45. The first kappa shape index (κ1) is 19.2. The van der Waals surface area contributed by atoms with Crippen molar-refractivity contribution in [1.82, 2.24) is 4.90 Å². The lowest BCUT2D eigenvalue weighted by Crippen LogP contribution is -2.46. The van der Waals surface area contributed by atoms with Crippen LogP contribution in [0.5, 0.6) is 5.75 Å². The van der Waals surface area contributed by atoms with Gasteiger partial charge in [-0.2, -0.15) is 0 Å². The van der Waals surface area contributed by atoms with Crippen LogP contribution in [0.25, 0.3) is 0 Å². The SMILES string of the molecule is CC(C)Oc1ccc(C(=O)CCN2CCN(c3ccccc3)CC2)cc1N. The summed E-state index contributed by atoms with van der Waals surface area (Å²) in [5, 5.41) is 0. The molecule has 1 aliphatic rings. The molecule has 1 aliphatic heterocycles. The molecule has 0 unspecified atom stereocenters. The number of para-hydroxylation sites is 1. The first-order chi connectivity index (χ1) is 13.0. The predicted molar refractivity (Wildman–Crippen MR) is 111 cm³/mol. The molecule has 0 amide bonds. The molecule has 144 valence electrons. The molecule has 0 spiro atoms. The highest BCUT2D eigenvalue weighted by Crippen LogP contribution is 2.24. The number of hydrogen-bond donors (Lipinski definition) is 1. The molecule has 2 aromatic rings. The van der Waals surface area contributed by atoms with Gasteiger partial charge in [0, 0.05) is 50.4 Å². The fourth-order valence-electron chi connectivity index (χ4n) is 3.36. The van der Waals surface area contributed by atoms with E-state index in [1.807, 2.05) is 26.0 Å². The van der Waals surface area contributed by atoms with Gasteiger partial charge < -0.3 is 15.4 Å². The zero-order valence-corrected chi connectivity index (χ0v) is 16.2. The number of Topliss-reactive ketones (excluding diaryl/α,β-unsaturated/α-hetero) is 1. The van der Waals surface area contributed by atoms with Gasteiger partial charge in [-0.3, -0.25) is 9.69 Å². The second-order valence-electron chi connectivity index (χ2n) is 7.26. The fraction of sp³-hybridized carbons (Fsp3) is 0.409. The van der Waals surface area contributed by atoms with Crippen LogP contribution >= 0.6 is 0 Å². The quantitative estimate of drug-likeness (QED) is 0.600. The Morgan fingerprint density at radius 2 is 1.78 bits per heavy atom. The van der Waals surface area contributed by atoms with Crippen LogP contribution in [0.3, 0.4) is 0 Å². The Balaban J connectivity index is 1.48. The second-order valence-corrected chi connectivity index (χ2v) is 7.26. The van der Waals surface area contributed by atoms with Crippen LogP contribution in [0.2, 0.25) is 0 Å². The summed E-state index contributed by atoms with van der Waals surface area (Å²) in [4.78, 5) is 17.3. The van der Waals surface area contributed by atoms with Crippen molar-refractivity contribution < 1.29 is 9.53 Å². The Morgan fingerprint density at radius 1 is 1.07 bits per heavy atom. The monoisotopic (exact) mass is 367 g/mol. The smallest absolute Gasteiger partial charge is 0.164 e. The lowest BCUT2D eigenvalue weighted by atomic mass is 10.1. The van der Waals surface area contributed by atoms with Crippen molar-refractivity contribution in [1.29, 1.82) is 0 Å². The molecular weight excluding hydrogens is 338 g/mol. The largest absolute Gasteiger partial charge is 0.489 e. The zero-order chi connectivity index (χ0) is 19.2. The minimum absolute atomic E-state index is 0.0587. The van der Waals surface area contributed by atoms with Gasteiger partial charge in [-0.25, -0.2) is 0 Å². The topological polar surface area (TPSA) is 58.8 Å². The molecule has 1 fully saturated rings. The third-order valence-corrected chi connectivity index (χ3v) is 4.84. The molecule has 0 radical (unpaired) electrons. The van der Waals surface area contributed by atoms with E-state index in [0.29, 0.717) is 23.4 Å². The van der Waals surface area contributed by atoms with Gasteiger partial charge in [0.1, 0.15) is 5.75 Å². The number of anilines is 2. The van der Waals surface area contributed by atoms with Gasteiger partial charge in [-0.1, -0.05) is 18.2 Å². The molecule has 2 N–H and O–H groups in total. The van der Waals surface area contributed by atoms with Crippen LogP contribution < -0.4 is 15.4 Å². The fourth-order valence-corrected chi connectivity index (χ4v) is 3.36. The van der Waals surface area contributed by atoms with Crippen molar-refractivity contribution in [3.63, 3.8) is 0 Å². The van der Waals surface area contributed by atoms with Crippen LogP contribution in [0.15, 0.2) is 48.5 Å². The molecule has 1 heterocycles. The number of carbonyl (C=O) groups is 1.